The highest BCUT2D eigenvalue weighted by Crippen LogP contribution is 2.29. The Kier molecular flexibility index (Phi) is 6.05. The molecule has 0 unspecified atom stereocenters. The number of hydrogen-bond donors (Lipinski definition) is 2. The molecule has 0 heterocycles. The first-order valence-corrected chi connectivity index (χ1v) is 7.28. The average Bonchev–Trinajstić information content (AvgIpc) is 2.81. The van der Waals surface area contributed by atoms with Crippen LogP contribution in [0.15, 0.2) is 18.2 Å². The third kappa shape index (κ3) is 4.35. The summed E-state index contributed by atoms with van der Waals surface area (Å²) in [5, 5.41) is 2.93. The first kappa shape index (κ1) is 17.8. The highest BCUT2D eigenvalue weighted by atomic mass is 35.5. The van der Waals surface area contributed by atoms with Crippen LogP contribution in [0.5, 0.6) is 5.75 Å². The fourth-order valence-corrected chi connectivity index (χ4v) is 2.60. The summed E-state index contributed by atoms with van der Waals surface area (Å²) < 4.78 is 5.69. The molecule has 0 saturated heterocycles. The number of anilines is 1. The van der Waals surface area contributed by atoms with Crippen LogP contribution in [0.3, 0.4) is 0 Å². The second-order valence-corrected chi connectivity index (χ2v) is 5.96. The molecule has 0 radical (unpaired) electrons. The van der Waals surface area contributed by atoms with Crippen LogP contribution in [0, 0.1) is 6.92 Å². The predicted molar refractivity (Wildman–Crippen MR) is 88.2 cm³/mol. The van der Waals surface area contributed by atoms with E-state index in [-0.39, 0.29) is 24.4 Å². The predicted octanol–water partition coefficient (Wildman–Crippen LogP) is 3.41. The van der Waals surface area contributed by atoms with E-state index in [1.165, 1.54) is 0 Å². The molecule has 0 bridgehead atoms. The van der Waals surface area contributed by atoms with Crippen molar-refractivity contribution in [3.63, 3.8) is 0 Å². The Balaban J connectivity index is 0.00000220. The Morgan fingerprint density at radius 2 is 1.95 bits per heavy atom. The quantitative estimate of drug-likeness (QED) is 0.895. The molecule has 3 N–H and O–H groups in total. The van der Waals surface area contributed by atoms with Gasteiger partial charge in [-0.2, -0.15) is 0 Å². The number of amides is 1. The zero-order chi connectivity index (χ0) is 14.8. The summed E-state index contributed by atoms with van der Waals surface area (Å²) in [5.41, 5.74) is 7.24. The van der Waals surface area contributed by atoms with Crippen LogP contribution < -0.4 is 15.8 Å². The summed E-state index contributed by atoms with van der Waals surface area (Å²) >= 11 is 0. The first-order chi connectivity index (χ1) is 9.40. The Morgan fingerprint density at radius 1 is 1.33 bits per heavy atom. The van der Waals surface area contributed by atoms with Crippen LogP contribution in [0.4, 0.5) is 5.69 Å². The molecule has 1 aliphatic carbocycles. The van der Waals surface area contributed by atoms with Crippen molar-refractivity contribution in [3.05, 3.63) is 23.8 Å². The van der Waals surface area contributed by atoms with E-state index >= 15 is 0 Å². The number of aryl methyl sites for hydroxylation is 1. The third-order valence-corrected chi connectivity index (χ3v) is 3.74. The third-order valence-electron chi connectivity index (χ3n) is 3.74. The van der Waals surface area contributed by atoms with Crippen molar-refractivity contribution in [2.24, 2.45) is 5.73 Å². The van der Waals surface area contributed by atoms with E-state index in [1.54, 1.807) is 0 Å². The minimum absolute atomic E-state index is 0. The number of carbonyl (C=O) groups is 1. The zero-order valence-corrected chi connectivity index (χ0v) is 13.8. The van der Waals surface area contributed by atoms with Crippen LogP contribution in [0.25, 0.3) is 0 Å². The Hall–Kier alpha value is -1.26. The molecular formula is C16H25ClN2O2. The molecule has 118 valence electrons. The Bertz CT molecular complexity index is 497. The van der Waals surface area contributed by atoms with Gasteiger partial charge in [0.25, 0.3) is 0 Å². The topological polar surface area (TPSA) is 64.4 Å². The largest absolute Gasteiger partial charge is 0.491 e. The maximum Gasteiger partial charge on any atom is 0.244 e. The second-order valence-electron chi connectivity index (χ2n) is 5.96. The Labute approximate surface area is 132 Å². The molecule has 1 amide bonds. The van der Waals surface area contributed by atoms with Gasteiger partial charge in [-0.1, -0.05) is 12.8 Å². The van der Waals surface area contributed by atoms with Crippen LogP contribution in [-0.4, -0.2) is 17.6 Å². The van der Waals surface area contributed by atoms with Crippen LogP contribution in [0.2, 0.25) is 0 Å². The van der Waals surface area contributed by atoms with Crippen molar-refractivity contribution in [3.8, 4) is 5.75 Å². The van der Waals surface area contributed by atoms with Gasteiger partial charge in [0.15, 0.2) is 0 Å². The maximum atomic E-state index is 12.2. The molecule has 1 fully saturated rings. The van der Waals surface area contributed by atoms with E-state index in [4.69, 9.17) is 10.5 Å². The lowest BCUT2D eigenvalue weighted by Gasteiger charge is -2.22. The molecule has 0 aromatic heterocycles. The van der Waals surface area contributed by atoms with Gasteiger partial charge in [-0.05, 0) is 57.4 Å². The number of benzene rings is 1. The number of nitrogens with two attached hydrogens (primary N) is 1. The normalized spacial score (nSPS) is 16.4. The SMILES string of the molecule is Cc1cc(NC(=O)C2(N)CCCC2)ccc1OC(C)C.Cl. The molecule has 1 aliphatic rings. The highest BCUT2D eigenvalue weighted by Gasteiger charge is 2.36. The lowest BCUT2D eigenvalue weighted by molar-refractivity contribution is -0.121. The number of hydrogen-bond acceptors (Lipinski definition) is 3. The lowest BCUT2D eigenvalue weighted by atomic mass is 9.98. The smallest absolute Gasteiger partial charge is 0.244 e. The van der Waals surface area contributed by atoms with Crippen molar-refractivity contribution in [2.45, 2.75) is 58.1 Å². The molecule has 5 heteroatoms. The number of nitrogens with one attached hydrogen (secondary N) is 1. The fourth-order valence-electron chi connectivity index (χ4n) is 2.60. The van der Waals surface area contributed by atoms with Crippen molar-refractivity contribution in [1.82, 2.24) is 0 Å². The summed E-state index contributed by atoms with van der Waals surface area (Å²) in [5.74, 6) is 0.772. The van der Waals surface area contributed by atoms with E-state index in [1.807, 2.05) is 39.0 Å². The molecule has 0 spiro atoms. The van der Waals surface area contributed by atoms with Crippen molar-refractivity contribution < 1.29 is 9.53 Å². The van der Waals surface area contributed by atoms with E-state index in [0.717, 1.165) is 42.7 Å². The molecule has 0 atom stereocenters. The minimum Gasteiger partial charge on any atom is -0.491 e. The summed E-state index contributed by atoms with van der Waals surface area (Å²) in [6.07, 6.45) is 3.74. The number of carbonyl (C=O) groups excluding carboxylic acids is 1. The number of ether oxygens (including phenoxy) is 1. The average molecular weight is 313 g/mol. The van der Waals surface area contributed by atoms with Gasteiger partial charge in [-0.15, -0.1) is 12.4 Å². The van der Waals surface area contributed by atoms with Crippen LogP contribution in [-0.2, 0) is 4.79 Å². The monoisotopic (exact) mass is 312 g/mol. The van der Waals surface area contributed by atoms with Gasteiger partial charge in [-0.25, -0.2) is 0 Å². The molecule has 21 heavy (non-hydrogen) atoms. The molecule has 4 nitrogen and oxygen atoms in total. The van der Waals surface area contributed by atoms with Crippen LogP contribution >= 0.6 is 12.4 Å². The van der Waals surface area contributed by atoms with Gasteiger partial charge in [0, 0.05) is 5.69 Å². The van der Waals surface area contributed by atoms with Gasteiger partial charge >= 0.3 is 0 Å². The van der Waals surface area contributed by atoms with Gasteiger partial charge in [0.1, 0.15) is 5.75 Å². The minimum atomic E-state index is -0.693. The number of halogens is 1. The standard InChI is InChI=1S/C16H24N2O2.ClH/c1-11(2)20-14-7-6-13(10-12(14)3)18-15(19)16(17)8-4-5-9-16;/h6-7,10-11H,4-5,8-9,17H2,1-3H3,(H,18,19);1H. The summed E-state index contributed by atoms with van der Waals surface area (Å²) in [7, 11) is 0. The van der Waals surface area contributed by atoms with Crippen LogP contribution in [0.1, 0.15) is 45.1 Å². The maximum absolute atomic E-state index is 12.2. The molecule has 1 saturated carbocycles. The highest BCUT2D eigenvalue weighted by molar-refractivity contribution is 5.98. The Morgan fingerprint density at radius 3 is 2.48 bits per heavy atom. The molecule has 1 aromatic carbocycles. The molecule has 1 aromatic rings. The van der Waals surface area contributed by atoms with E-state index in [9.17, 15) is 4.79 Å². The van der Waals surface area contributed by atoms with Crippen molar-refractivity contribution >= 4 is 24.0 Å². The molecule has 2 rings (SSSR count). The first-order valence-electron chi connectivity index (χ1n) is 7.28. The summed E-state index contributed by atoms with van der Waals surface area (Å²) in [6.45, 7) is 5.96. The van der Waals surface area contributed by atoms with Gasteiger partial charge in [-0.3, -0.25) is 4.79 Å². The van der Waals surface area contributed by atoms with E-state index < -0.39 is 5.54 Å². The second kappa shape index (κ2) is 7.14. The van der Waals surface area contributed by atoms with Gasteiger partial charge in [0.05, 0.1) is 11.6 Å². The van der Waals surface area contributed by atoms with Gasteiger partial charge in [0.2, 0.25) is 5.91 Å². The van der Waals surface area contributed by atoms with Crippen molar-refractivity contribution in [2.75, 3.05) is 5.32 Å². The molecule has 0 aliphatic heterocycles. The van der Waals surface area contributed by atoms with Gasteiger partial charge < -0.3 is 15.8 Å². The summed E-state index contributed by atoms with van der Waals surface area (Å²) in [4.78, 5) is 12.2. The number of rotatable bonds is 4. The zero-order valence-electron chi connectivity index (χ0n) is 12.9. The fraction of sp³-hybridized carbons (Fsp3) is 0.562. The van der Waals surface area contributed by atoms with E-state index in [2.05, 4.69) is 5.32 Å². The van der Waals surface area contributed by atoms with Crippen molar-refractivity contribution in [1.29, 1.82) is 0 Å². The lowest BCUT2D eigenvalue weighted by Crippen LogP contribution is -2.48. The van der Waals surface area contributed by atoms with E-state index in [0.29, 0.717) is 0 Å². The summed E-state index contributed by atoms with van der Waals surface area (Å²) in [6, 6.07) is 5.68. The molecular weight excluding hydrogens is 288 g/mol.